The molecular weight excluding hydrogens is 450 g/mol. The Morgan fingerprint density at radius 3 is 1.19 bits per heavy atom. The van der Waals surface area contributed by atoms with Crippen LogP contribution in [0.2, 0.25) is 0 Å². The van der Waals surface area contributed by atoms with Crippen molar-refractivity contribution < 1.29 is 41.4 Å². The third-order valence-electron chi connectivity index (χ3n) is 2.86. The van der Waals surface area contributed by atoms with Gasteiger partial charge in [0.2, 0.25) is 0 Å². The Morgan fingerprint density at radius 1 is 0.688 bits per heavy atom. The maximum atomic E-state index is 12.2. The molecule has 176 valence electrons. The standard InChI is InChI=1S/2C8H8F3N3.CH2O3/c2*9-8(10,11)5-2-1-3-6(4-5)14-7(12)13;2-1(3)4/h2*1-4H,(H4,12,13,14);(H2,2,3,4). The molecular formula is C17H18F6N6O3. The zero-order valence-electron chi connectivity index (χ0n) is 15.9. The molecule has 15 heteroatoms. The van der Waals surface area contributed by atoms with Crippen LogP contribution < -0.4 is 22.9 Å². The Kier molecular flexibility index (Phi) is 10.3. The average molecular weight is 468 g/mol. The molecule has 2 rings (SSSR count). The van der Waals surface area contributed by atoms with Gasteiger partial charge in [-0.1, -0.05) is 12.1 Å². The first kappa shape index (κ1) is 27.8. The Balaban J connectivity index is 0.000000515. The van der Waals surface area contributed by atoms with Crippen molar-refractivity contribution in [3.05, 3.63) is 59.7 Å². The quantitative estimate of drug-likeness (QED) is 0.221. The number of nitrogens with zero attached hydrogens (tertiary/aromatic N) is 2. The second-order valence-electron chi connectivity index (χ2n) is 5.45. The molecule has 0 saturated heterocycles. The van der Waals surface area contributed by atoms with Gasteiger partial charge in [-0.05, 0) is 36.4 Å². The van der Waals surface area contributed by atoms with Gasteiger partial charge in [0.25, 0.3) is 0 Å². The van der Waals surface area contributed by atoms with Crippen molar-refractivity contribution in [3.8, 4) is 0 Å². The van der Waals surface area contributed by atoms with Gasteiger partial charge in [0, 0.05) is 0 Å². The molecule has 2 aromatic rings. The monoisotopic (exact) mass is 468 g/mol. The minimum atomic E-state index is -4.38. The highest BCUT2D eigenvalue weighted by molar-refractivity contribution is 5.79. The summed E-state index contributed by atoms with van der Waals surface area (Å²) >= 11 is 0. The molecule has 0 aliphatic carbocycles. The molecule has 0 aliphatic heterocycles. The maximum absolute atomic E-state index is 12.2. The summed E-state index contributed by atoms with van der Waals surface area (Å²) in [4.78, 5) is 15.6. The summed E-state index contributed by atoms with van der Waals surface area (Å²) in [6.07, 6.45) is -10.6. The number of alkyl halides is 6. The Bertz CT molecular complexity index is 877. The van der Waals surface area contributed by atoms with Crippen molar-refractivity contribution in [2.24, 2.45) is 32.9 Å². The fourth-order valence-corrected chi connectivity index (χ4v) is 1.80. The first-order valence-electron chi connectivity index (χ1n) is 7.98. The van der Waals surface area contributed by atoms with E-state index >= 15 is 0 Å². The number of guanidine groups is 2. The Hall–Kier alpha value is -4.17. The number of benzene rings is 2. The summed E-state index contributed by atoms with van der Waals surface area (Å²) < 4.78 is 73.2. The molecule has 0 aliphatic rings. The van der Waals surface area contributed by atoms with Crippen LogP contribution in [-0.2, 0) is 12.4 Å². The lowest BCUT2D eigenvalue weighted by atomic mass is 10.2. The van der Waals surface area contributed by atoms with Crippen molar-refractivity contribution in [1.82, 2.24) is 0 Å². The van der Waals surface area contributed by atoms with Gasteiger partial charge < -0.3 is 33.1 Å². The number of rotatable bonds is 2. The van der Waals surface area contributed by atoms with E-state index in [2.05, 4.69) is 9.98 Å². The number of carbonyl (C=O) groups is 1. The number of halogens is 6. The predicted octanol–water partition coefficient (Wildman–Crippen LogP) is 3.44. The summed E-state index contributed by atoms with van der Waals surface area (Å²) in [5.41, 5.74) is 18.7. The number of hydrogen-bond donors (Lipinski definition) is 6. The van der Waals surface area contributed by atoms with Gasteiger partial charge >= 0.3 is 18.5 Å². The predicted molar refractivity (Wildman–Crippen MR) is 104 cm³/mol. The van der Waals surface area contributed by atoms with Gasteiger partial charge in [-0.25, -0.2) is 14.8 Å². The fourth-order valence-electron chi connectivity index (χ4n) is 1.80. The maximum Gasteiger partial charge on any atom is 0.503 e. The summed E-state index contributed by atoms with van der Waals surface area (Å²) in [5, 5.41) is 13.9. The van der Waals surface area contributed by atoms with Crippen LogP contribution in [0.3, 0.4) is 0 Å². The van der Waals surface area contributed by atoms with E-state index in [1.165, 1.54) is 24.3 Å². The first-order chi connectivity index (χ1) is 14.5. The van der Waals surface area contributed by atoms with E-state index < -0.39 is 29.6 Å². The zero-order valence-corrected chi connectivity index (χ0v) is 15.9. The summed E-state index contributed by atoms with van der Waals surface area (Å²) in [7, 11) is 0. The summed E-state index contributed by atoms with van der Waals surface area (Å²) in [6, 6.07) is 8.90. The van der Waals surface area contributed by atoms with E-state index in [-0.39, 0.29) is 23.3 Å². The van der Waals surface area contributed by atoms with E-state index in [1.807, 2.05) is 0 Å². The third kappa shape index (κ3) is 12.4. The zero-order chi connectivity index (χ0) is 25.1. The van der Waals surface area contributed by atoms with Gasteiger partial charge in [-0.15, -0.1) is 0 Å². The highest BCUT2D eigenvalue weighted by Gasteiger charge is 2.31. The molecule has 2 aromatic carbocycles. The van der Waals surface area contributed by atoms with Crippen LogP contribution in [0.1, 0.15) is 11.1 Å². The molecule has 32 heavy (non-hydrogen) atoms. The van der Waals surface area contributed by atoms with Gasteiger partial charge in [0.1, 0.15) is 0 Å². The molecule has 0 radical (unpaired) electrons. The molecule has 0 fully saturated rings. The minimum absolute atomic E-state index is 0.0832. The van der Waals surface area contributed by atoms with Crippen LogP contribution in [0.4, 0.5) is 42.5 Å². The van der Waals surface area contributed by atoms with E-state index in [9.17, 15) is 26.3 Å². The molecule has 0 unspecified atom stereocenters. The smallest absolute Gasteiger partial charge is 0.450 e. The molecule has 10 N–H and O–H groups in total. The Labute approximate surface area is 176 Å². The van der Waals surface area contributed by atoms with E-state index in [1.54, 1.807) is 0 Å². The summed E-state index contributed by atoms with van der Waals surface area (Å²) in [5.74, 6) is -0.548. The van der Waals surface area contributed by atoms with Gasteiger partial charge in [-0.3, -0.25) is 0 Å². The third-order valence-corrected chi connectivity index (χ3v) is 2.86. The lowest BCUT2D eigenvalue weighted by molar-refractivity contribution is -0.138. The topological polar surface area (TPSA) is 186 Å². The van der Waals surface area contributed by atoms with Crippen LogP contribution in [-0.4, -0.2) is 28.3 Å². The van der Waals surface area contributed by atoms with Crippen molar-refractivity contribution >= 4 is 29.4 Å². The average Bonchev–Trinajstić information content (AvgIpc) is 2.60. The molecule has 0 aromatic heterocycles. The fraction of sp³-hybridized carbons (Fsp3) is 0.118. The van der Waals surface area contributed by atoms with Crippen molar-refractivity contribution in [1.29, 1.82) is 0 Å². The first-order valence-corrected chi connectivity index (χ1v) is 7.98. The SMILES string of the molecule is NC(N)=Nc1cccc(C(F)(F)F)c1.NC(N)=Nc1cccc(C(F)(F)F)c1.O=C(O)O. The lowest BCUT2D eigenvalue weighted by Crippen LogP contribution is -2.21. The van der Waals surface area contributed by atoms with Crippen molar-refractivity contribution in [2.45, 2.75) is 12.4 Å². The molecule has 9 nitrogen and oxygen atoms in total. The number of hydrogen-bond acceptors (Lipinski definition) is 3. The van der Waals surface area contributed by atoms with Crippen LogP contribution in [0, 0.1) is 0 Å². The number of nitrogens with two attached hydrogens (primary N) is 4. The Morgan fingerprint density at radius 2 is 0.969 bits per heavy atom. The second kappa shape index (κ2) is 11.9. The molecule has 0 spiro atoms. The number of carboxylic acid groups (broad SMARTS) is 2. The van der Waals surface area contributed by atoms with E-state index in [0.29, 0.717) is 0 Å². The highest BCUT2D eigenvalue weighted by Crippen LogP contribution is 2.32. The van der Waals surface area contributed by atoms with Crippen molar-refractivity contribution in [3.63, 3.8) is 0 Å². The van der Waals surface area contributed by atoms with Gasteiger partial charge in [0.15, 0.2) is 11.9 Å². The molecule has 0 atom stereocenters. The minimum Gasteiger partial charge on any atom is -0.450 e. The highest BCUT2D eigenvalue weighted by atomic mass is 19.4. The van der Waals surface area contributed by atoms with Gasteiger partial charge in [0.05, 0.1) is 22.5 Å². The van der Waals surface area contributed by atoms with Gasteiger partial charge in [-0.2, -0.15) is 26.3 Å². The van der Waals surface area contributed by atoms with Crippen LogP contribution in [0.15, 0.2) is 58.5 Å². The second-order valence-corrected chi connectivity index (χ2v) is 5.45. The lowest BCUT2D eigenvalue weighted by Gasteiger charge is -2.06. The van der Waals surface area contributed by atoms with Crippen LogP contribution >= 0.6 is 0 Å². The van der Waals surface area contributed by atoms with Crippen molar-refractivity contribution in [2.75, 3.05) is 0 Å². The van der Waals surface area contributed by atoms with Crippen LogP contribution in [0.5, 0.6) is 0 Å². The normalized spacial score (nSPS) is 10.4. The molecule has 0 amide bonds. The van der Waals surface area contributed by atoms with E-state index in [0.717, 1.165) is 24.3 Å². The number of aliphatic imine (C=N–C) groups is 2. The summed E-state index contributed by atoms with van der Waals surface area (Å²) in [6.45, 7) is 0. The largest absolute Gasteiger partial charge is 0.503 e. The van der Waals surface area contributed by atoms with Crippen LogP contribution in [0.25, 0.3) is 0 Å². The molecule has 0 bridgehead atoms. The molecule has 0 saturated carbocycles. The molecule has 0 heterocycles. The van der Waals surface area contributed by atoms with E-state index in [4.69, 9.17) is 37.9 Å².